The highest BCUT2D eigenvalue weighted by Gasteiger charge is 2.19. The number of nitrogens with zero attached hydrogens (tertiary/aromatic N) is 1. The van der Waals surface area contributed by atoms with Gasteiger partial charge in [0.2, 0.25) is 0 Å². The molecule has 0 atom stereocenters. The van der Waals surface area contributed by atoms with Crippen LogP contribution in [0.15, 0.2) is 30.5 Å². The van der Waals surface area contributed by atoms with Gasteiger partial charge in [-0.05, 0) is 11.1 Å². The third kappa shape index (κ3) is 5.13. The molecule has 22 heavy (non-hydrogen) atoms. The Morgan fingerprint density at radius 3 is 2.59 bits per heavy atom. The van der Waals surface area contributed by atoms with Gasteiger partial charge in [0.25, 0.3) is 0 Å². The fraction of sp³-hybridized carbons (Fsp3) is 0.471. The van der Waals surface area contributed by atoms with E-state index in [4.69, 9.17) is 4.74 Å². The van der Waals surface area contributed by atoms with Crippen molar-refractivity contribution >= 4 is 12.4 Å². The lowest BCUT2D eigenvalue weighted by Crippen LogP contribution is -2.19. The van der Waals surface area contributed by atoms with Crippen molar-refractivity contribution in [3.8, 4) is 0 Å². The van der Waals surface area contributed by atoms with Gasteiger partial charge in [0.05, 0.1) is 12.8 Å². The molecule has 2 aromatic rings. The zero-order chi connectivity index (χ0) is 15.3. The first-order chi connectivity index (χ1) is 10.0. The molecule has 1 aromatic carbocycles. The van der Waals surface area contributed by atoms with Gasteiger partial charge in [0.15, 0.2) is 0 Å². The molecule has 0 saturated heterocycles. The predicted octanol–water partition coefficient (Wildman–Crippen LogP) is 3.57. The van der Waals surface area contributed by atoms with Crippen LogP contribution in [0.3, 0.4) is 0 Å². The molecule has 1 aromatic heterocycles. The smallest absolute Gasteiger partial charge is 0.0713 e. The second-order valence-corrected chi connectivity index (χ2v) is 6.38. The average Bonchev–Trinajstić information content (AvgIpc) is 2.88. The van der Waals surface area contributed by atoms with E-state index in [1.807, 2.05) is 6.20 Å². The molecule has 0 radical (unpaired) electrons. The minimum absolute atomic E-state index is 0. The number of ether oxygens (including phenoxy) is 1. The molecule has 0 saturated carbocycles. The second-order valence-electron chi connectivity index (χ2n) is 6.38. The monoisotopic (exact) mass is 323 g/mol. The standard InChI is InChI=1S/C17H25N3O.ClH/c1-17(2,3)16-15(11-19-20-16)10-18-9-13-6-5-7-14(8-13)12-21-4;/h5-8,11,18H,9-10,12H2,1-4H3,(H,19,20);1H. The maximum Gasteiger partial charge on any atom is 0.0713 e. The van der Waals surface area contributed by atoms with Crippen LogP contribution >= 0.6 is 12.4 Å². The molecule has 1 heterocycles. The van der Waals surface area contributed by atoms with Gasteiger partial charge in [0.1, 0.15) is 0 Å². The maximum absolute atomic E-state index is 5.17. The highest BCUT2D eigenvalue weighted by molar-refractivity contribution is 5.85. The molecule has 0 aliphatic carbocycles. The molecule has 0 unspecified atom stereocenters. The van der Waals surface area contributed by atoms with Crippen molar-refractivity contribution in [3.63, 3.8) is 0 Å². The number of benzene rings is 1. The molecule has 0 bridgehead atoms. The van der Waals surface area contributed by atoms with Gasteiger partial charge in [-0.3, -0.25) is 5.10 Å². The number of halogens is 1. The van der Waals surface area contributed by atoms with Crippen LogP contribution in [-0.4, -0.2) is 17.3 Å². The van der Waals surface area contributed by atoms with Crippen molar-refractivity contribution in [2.75, 3.05) is 7.11 Å². The summed E-state index contributed by atoms with van der Waals surface area (Å²) in [4.78, 5) is 0. The SMILES string of the molecule is COCc1cccc(CNCc2cn[nH]c2C(C)(C)C)c1.Cl. The summed E-state index contributed by atoms with van der Waals surface area (Å²) in [5, 5.41) is 10.8. The lowest BCUT2D eigenvalue weighted by molar-refractivity contribution is 0.185. The zero-order valence-corrected chi connectivity index (χ0v) is 14.6. The Labute approximate surface area is 139 Å². The van der Waals surface area contributed by atoms with E-state index in [-0.39, 0.29) is 17.8 Å². The first kappa shape index (κ1) is 18.7. The molecule has 0 aliphatic rings. The Kier molecular flexibility index (Phi) is 7.07. The lowest BCUT2D eigenvalue weighted by atomic mass is 9.89. The maximum atomic E-state index is 5.17. The van der Waals surface area contributed by atoms with Gasteiger partial charge < -0.3 is 10.1 Å². The number of H-pyrrole nitrogens is 1. The van der Waals surface area contributed by atoms with Gasteiger partial charge >= 0.3 is 0 Å². The fourth-order valence-electron chi connectivity index (χ4n) is 2.43. The van der Waals surface area contributed by atoms with E-state index >= 15 is 0 Å². The van der Waals surface area contributed by atoms with Gasteiger partial charge in [-0.25, -0.2) is 0 Å². The first-order valence-electron chi connectivity index (χ1n) is 7.31. The van der Waals surface area contributed by atoms with E-state index < -0.39 is 0 Å². The van der Waals surface area contributed by atoms with Crippen LogP contribution in [0.1, 0.15) is 43.2 Å². The van der Waals surface area contributed by atoms with E-state index in [0.717, 1.165) is 13.1 Å². The number of aromatic amines is 1. The summed E-state index contributed by atoms with van der Waals surface area (Å²) < 4.78 is 5.17. The summed E-state index contributed by atoms with van der Waals surface area (Å²) >= 11 is 0. The zero-order valence-electron chi connectivity index (χ0n) is 13.8. The number of aromatic nitrogens is 2. The van der Waals surface area contributed by atoms with E-state index in [1.165, 1.54) is 22.4 Å². The van der Waals surface area contributed by atoms with Crippen LogP contribution in [0.4, 0.5) is 0 Å². The topological polar surface area (TPSA) is 49.9 Å². The fourth-order valence-corrected chi connectivity index (χ4v) is 2.43. The third-order valence-corrected chi connectivity index (χ3v) is 3.41. The molecular weight excluding hydrogens is 298 g/mol. The largest absolute Gasteiger partial charge is 0.380 e. The van der Waals surface area contributed by atoms with Crippen molar-refractivity contribution < 1.29 is 4.74 Å². The van der Waals surface area contributed by atoms with Crippen LogP contribution in [0.5, 0.6) is 0 Å². The summed E-state index contributed by atoms with van der Waals surface area (Å²) in [5.41, 5.74) is 4.99. The number of rotatable bonds is 6. The molecule has 5 heteroatoms. The molecule has 122 valence electrons. The lowest BCUT2D eigenvalue weighted by Gasteiger charge is -2.18. The van der Waals surface area contributed by atoms with Crippen molar-refractivity contribution in [1.82, 2.24) is 15.5 Å². The quantitative estimate of drug-likeness (QED) is 0.854. The van der Waals surface area contributed by atoms with Crippen molar-refractivity contribution in [3.05, 3.63) is 52.8 Å². The normalized spacial score (nSPS) is 11.3. The summed E-state index contributed by atoms with van der Waals surface area (Å²) in [6, 6.07) is 8.47. The van der Waals surface area contributed by atoms with Crippen LogP contribution in [0.2, 0.25) is 0 Å². The Balaban J connectivity index is 0.00000242. The second kappa shape index (κ2) is 8.32. The Morgan fingerprint density at radius 1 is 1.18 bits per heavy atom. The Hall–Kier alpha value is -1.36. The minimum atomic E-state index is 0. The highest BCUT2D eigenvalue weighted by Crippen LogP contribution is 2.23. The summed E-state index contributed by atoms with van der Waals surface area (Å²) in [6.45, 7) is 8.89. The van der Waals surface area contributed by atoms with E-state index in [9.17, 15) is 0 Å². The molecular formula is C17H26ClN3O. The molecule has 0 amide bonds. The van der Waals surface area contributed by atoms with Gasteiger partial charge in [0, 0.05) is 36.9 Å². The first-order valence-corrected chi connectivity index (χ1v) is 7.31. The van der Waals surface area contributed by atoms with Crippen LogP contribution in [0.25, 0.3) is 0 Å². The number of nitrogens with one attached hydrogen (secondary N) is 2. The Morgan fingerprint density at radius 2 is 1.91 bits per heavy atom. The summed E-state index contributed by atoms with van der Waals surface area (Å²) in [7, 11) is 1.72. The average molecular weight is 324 g/mol. The van der Waals surface area contributed by atoms with Gasteiger partial charge in [-0.15, -0.1) is 12.4 Å². The molecule has 4 nitrogen and oxygen atoms in total. The van der Waals surface area contributed by atoms with Crippen LogP contribution in [0, 0.1) is 0 Å². The number of hydrogen-bond donors (Lipinski definition) is 2. The highest BCUT2D eigenvalue weighted by atomic mass is 35.5. The summed E-state index contributed by atoms with van der Waals surface area (Å²) in [6.07, 6.45) is 1.91. The predicted molar refractivity (Wildman–Crippen MR) is 92.2 cm³/mol. The molecule has 0 aliphatic heterocycles. The van der Waals surface area contributed by atoms with Crippen LogP contribution in [-0.2, 0) is 29.8 Å². The van der Waals surface area contributed by atoms with Gasteiger partial charge in [-0.2, -0.15) is 5.10 Å². The van der Waals surface area contributed by atoms with Gasteiger partial charge in [-0.1, -0.05) is 45.0 Å². The van der Waals surface area contributed by atoms with Crippen LogP contribution < -0.4 is 5.32 Å². The van der Waals surface area contributed by atoms with Crippen molar-refractivity contribution in [2.45, 2.75) is 45.9 Å². The molecule has 0 fully saturated rings. The van der Waals surface area contributed by atoms with Crippen molar-refractivity contribution in [1.29, 1.82) is 0 Å². The molecule has 2 rings (SSSR count). The van der Waals surface area contributed by atoms with E-state index in [0.29, 0.717) is 6.61 Å². The Bertz CT molecular complexity index is 575. The minimum Gasteiger partial charge on any atom is -0.380 e. The molecule has 0 spiro atoms. The number of hydrogen-bond acceptors (Lipinski definition) is 3. The molecule has 2 N–H and O–H groups in total. The van der Waals surface area contributed by atoms with Crippen molar-refractivity contribution in [2.24, 2.45) is 0 Å². The summed E-state index contributed by atoms with van der Waals surface area (Å²) in [5.74, 6) is 0. The van der Waals surface area contributed by atoms with E-state index in [2.05, 4.69) is 60.6 Å². The van der Waals surface area contributed by atoms with E-state index in [1.54, 1.807) is 7.11 Å². The third-order valence-electron chi connectivity index (χ3n) is 3.41. The number of methoxy groups -OCH3 is 1.